The number of hydroxylamine groups is 2. The van der Waals surface area contributed by atoms with Crippen LogP contribution in [0, 0.1) is 0 Å². The fourth-order valence-electron chi connectivity index (χ4n) is 1.01. The summed E-state index contributed by atoms with van der Waals surface area (Å²) in [5.74, 6) is 0. The van der Waals surface area contributed by atoms with Gasteiger partial charge in [-0.15, -0.1) is 13.2 Å². The molecule has 0 bridgehead atoms. The van der Waals surface area contributed by atoms with Crippen molar-refractivity contribution in [1.82, 2.24) is 5.06 Å². The van der Waals surface area contributed by atoms with Crippen LogP contribution < -0.4 is 0 Å². The molecule has 0 rings (SSSR count). The van der Waals surface area contributed by atoms with Gasteiger partial charge in [-0.25, -0.2) is 0 Å². The second-order valence-electron chi connectivity index (χ2n) is 2.96. The predicted molar refractivity (Wildman–Crippen MR) is 57.4 cm³/mol. The lowest BCUT2D eigenvalue weighted by atomic mass is 10.3. The van der Waals surface area contributed by atoms with E-state index in [4.69, 9.17) is 4.84 Å². The van der Waals surface area contributed by atoms with Crippen LogP contribution in [0.15, 0.2) is 25.3 Å². The van der Waals surface area contributed by atoms with Gasteiger partial charge < -0.3 is 0 Å². The molecule has 0 N–H and O–H groups in total. The van der Waals surface area contributed by atoms with Crippen LogP contribution in [-0.2, 0) is 4.84 Å². The van der Waals surface area contributed by atoms with E-state index in [2.05, 4.69) is 20.1 Å². The van der Waals surface area contributed by atoms with Gasteiger partial charge >= 0.3 is 0 Å². The van der Waals surface area contributed by atoms with Gasteiger partial charge in [0, 0.05) is 13.1 Å². The van der Waals surface area contributed by atoms with Crippen LogP contribution in [-0.4, -0.2) is 24.8 Å². The third kappa shape index (κ3) is 7.75. The normalized spacial score (nSPS) is 10.3. The summed E-state index contributed by atoms with van der Waals surface area (Å²) in [6, 6.07) is 0. The topological polar surface area (TPSA) is 12.5 Å². The highest BCUT2D eigenvalue weighted by Gasteiger charge is 1.99. The zero-order valence-corrected chi connectivity index (χ0v) is 8.67. The first-order valence-electron chi connectivity index (χ1n) is 4.94. The average molecular weight is 183 g/mol. The predicted octanol–water partition coefficient (Wildman–Crippen LogP) is 2.78. The highest BCUT2D eigenvalue weighted by atomic mass is 16.7. The van der Waals surface area contributed by atoms with E-state index >= 15 is 0 Å². The van der Waals surface area contributed by atoms with Gasteiger partial charge in [-0.1, -0.05) is 31.9 Å². The van der Waals surface area contributed by atoms with E-state index in [-0.39, 0.29) is 0 Å². The molecule has 0 saturated heterocycles. The molecular formula is C11H21NO. The van der Waals surface area contributed by atoms with Crippen LogP contribution in [0.4, 0.5) is 0 Å². The zero-order valence-electron chi connectivity index (χ0n) is 8.67. The van der Waals surface area contributed by atoms with Gasteiger partial charge in [0.1, 0.15) is 0 Å². The highest BCUT2D eigenvalue weighted by Crippen LogP contribution is 1.97. The van der Waals surface area contributed by atoms with Crippen LogP contribution >= 0.6 is 0 Å². The summed E-state index contributed by atoms with van der Waals surface area (Å²) < 4.78 is 0. The van der Waals surface area contributed by atoms with Crippen LogP contribution in [0.3, 0.4) is 0 Å². The van der Waals surface area contributed by atoms with E-state index in [1.807, 2.05) is 17.2 Å². The van der Waals surface area contributed by atoms with Crippen LogP contribution in [0.5, 0.6) is 0 Å². The first kappa shape index (κ1) is 12.4. The lowest BCUT2D eigenvalue weighted by Gasteiger charge is -2.18. The summed E-state index contributed by atoms with van der Waals surface area (Å²) in [4.78, 5) is 5.52. The van der Waals surface area contributed by atoms with Crippen LogP contribution in [0.1, 0.15) is 26.2 Å². The number of rotatable bonds is 9. The van der Waals surface area contributed by atoms with E-state index in [1.165, 1.54) is 12.8 Å². The lowest BCUT2D eigenvalue weighted by Crippen LogP contribution is -2.24. The van der Waals surface area contributed by atoms with Gasteiger partial charge in [0.25, 0.3) is 0 Å². The summed E-state index contributed by atoms with van der Waals surface area (Å²) in [6.45, 7) is 11.9. The number of unbranched alkanes of at least 4 members (excludes halogenated alkanes) is 2. The Hall–Kier alpha value is -0.600. The fraction of sp³-hybridized carbons (Fsp3) is 0.636. The largest absolute Gasteiger partial charge is 0.298 e. The Morgan fingerprint density at radius 2 is 1.77 bits per heavy atom. The minimum atomic E-state index is 0.762. The first-order valence-corrected chi connectivity index (χ1v) is 4.94. The molecular weight excluding hydrogens is 162 g/mol. The molecule has 0 spiro atoms. The standard InChI is InChI=1S/C11H21NO/c1-4-7-8-11-13-12(9-5-2)10-6-3/h5-6H,2-4,7-11H2,1H3. The van der Waals surface area contributed by atoms with Crippen molar-refractivity contribution in [3.63, 3.8) is 0 Å². The van der Waals surface area contributed by atoms with E-state index in [0.717, 1.165) is 26.1 Å². The summed E-state index contributed by atoms with van der Waals surface area (Å²) in [5.41, 5.74) is 0. The molecule has 0 aromatic carbocycles. The molecule has 0 aromatic rings. The number of nitrogens with zero attached hydrogens (tertiary/aromatic N) is 1. The lowest BCUT2D eigenvalue weighted by molar-refractivity contribution is -0.144. The summed E-state index contributed by atoms with van der Waals surface area (Å²) in [5, 5.41) is 1.87. The Balaban J connectivity index is 3.43. The van der Waals surface area contributed by atoms with Gasteiger partial charge in [-0.2, -0.15) is 5.06 Å². The average Bonchev–Trinajstić information content (AvgIpc) is 2.13. The minimum Gasteiger partial charge on any atom is -0.298 e. The Morgan fingerprint density at radius 3 is 2.23 bits per heavy atom. The van der Waals surface area contributed by atoms with Gasteiger partial charge in [-0.05, 0) is 6.42 Å². The second kappa shape index (κ2) is 9.49. The molecule has 0 aliphatic carbocycles. The molecule has 2 nitrogen and oxygen atoms in total. The van der Waals surface area contributed by atoms with Crippen molar-refractivity contribution in [2.75, 3.05) is 19.7 Å². The molecule has 0 fully saturated rings. The molecule has 0 radical (unpaired) electrons. The van der Waals surface area contributed by atoms with E-state index in [1.54, 1.807) is 0 Å². The molecule has 0 unspecified atom stereocenters. The summed E-state index contributed by atoms with van der Waals surface area (Å²) in [7, 11) is 0. The SMILES string of the molecule is C=CCN(CC=C)OCCCCC. The molecule has 76 valence electrons. The molecule has 0 atom stereocenters. The molecule has 0 aliphatic heterocycles. The van der Waals surface area contributed by atoms with Crippen LogP contribution in [0.25, 0.3) is 0 Å². The Bertz CT molecular complexity index is 124. The molecule has 0 amide bonds. The Morgan fingerprint density at radius 1 is 1.15 bits per heavy atom. The molecule has 0 aliphatic rings. The van der Waals surface area contributed by atoms with Crippen molar-refractivity contribution in [3.8, 4) is 0 Å². The summed E-state index contributed by atoms with van der Waals surface area (Å²) >= 11 is 0. The van der Waals surface area contributed by atoms with Crippen LogP contribution in [0.2, 0.25) is 0 Å². The maximum absolute atomic E-state index is 5.52. The van der Waals surface area contributed by atoms with Gasteiger partial charge in [-0.3, -0.25) is 4.84 Å². The zero-order chi connectivity index (χ0) is 9.94. The van der Waals surface area contributed by atoms with E-state index in [9.17, 15) is 0 Å². The minimum absolute atomic E-state index is 0.762. The first-order chi connectivity index (χ1) is 6.35. The van der Waals surface area contributed by atoms with Crippen molar-refractivity contribution < 1.29 is 4.84 Å². The monoisotopic (exact) mass is 183 g/mol. The maximum atomic E-state index is 5.52. The van der Waals surface area contributed by atoms with Gasteiger partial charge in [0.15, 0.2) is 0 Å². The summed E-state index contributed by atoms with van der Waals surface area (Å²) in [6.07, 6.45) is 7.26. The number of hydrogen-bond acceptors (Lipinski definition) is 2. The maximum Gasteiger partial charge on any atom is 0.0685 e. The highest BCUT2D eigenvalue weighted by molar-refractivity contribution is 4.75. The Labute approximate surface area is 81.8 Å². The third-order valence-electron chi connectivity index (χ3n) is 1.69. The molecule has 0 saturated carbocycles. The molecule has 0 heterocycles. The fourth-order valence-corrected chi connectivity index (χ4v) is 1.01. The molecule has 2 heteroatoms. The quantitative estimate of drug-likeness (QED) is 0.309. The van der Waals surface area contributed by atoms with Crippen molar-refractivity contribution >= 4 is 0 Å². The van der Waals surface area contributed by atoms with Gasteiger partial charge in [0.2, 0.25) is 0 Å². The van der Waals surface area contributed by atoms with Crippen molar-refractivity contribution in [2.45, 2.75) is 26.2 Å². The van der Waals surface area contributed by atoms with E-state index < -0.39 is 0 Å². The smallest absolute Gasteiger partial charge is 0.0685 e. The number of hydrogen-bond donors (Lipinski definition) is 0. The third-order valence-corrected chi connectivity index (χ3v) is 1.69. The van der Waals surface area contributed by atoms with Crippen molar-refractivity contribution in [3.05, 3.63) is 25.3 Å². The van der Waals surface area contributed by atoms with Gasteiger partial charge in [0.05, 0.1) is 6.61 Å². The molecule has 13 heavy (non-hydrogen) atoms. The Kier molecular flexibility index (Phi) is 9.05. The second-order valence-corrected chi connectivity index (χ2v) is 2.96. The van der Waals surface area contributed by atoms with E-state index in [0.29, 0.717) is 0 Å². The van der Waals surface area contributed by atoms with Crippen molar-refractivity contribution in [2.24, 2.45) is 0 Å². The van der Waals surface area contributed by atoms with Crippen molar-refractivity contribution in [1.29, 1.82) is 0 Å². The molecule has 0 aromatic heterocycles.